The standard InChI is InChI=1S/C23H26N4O2/c1-16-6-5-7-18(14-16)21-20(17-8-10-24-11-9-17)19-15-26(12-13-27(19)25-21)22(28)29-23(2,3)4/h5-11,14H,12-13,15H2,1-4H3. The molecule has 0 N–H and O–H groups in total. The molecule has 3 heterocycles. The molecule has 0 saturated heterocycles. The summed E-state index contributed by atoms with van der Waals surface area (Å²) in [6.07, 6.45) is 3.28. The van der Waals surface area contributed by atoms with Crippen LogP contribution in [-0.2, 0) is 17.8 Å². The van der Waals surface area contributed by atoms with Crippen molar-refractivity contribution < 1.29 is 9.53 Å². The molecule has 0 radical (unpaired) electrons. The number of nitrogens with zero attached hydrogens (tertiary/aromatic N) is 4. The summed E-state index contributed by atoms with van der Waals surface area (Å²) >= 11 is 0. The van der Waals surface area contributed by atoms with E-state index in [4.69, 9.17) is 9.84 Å². The largest absolute Gasteiger partial charge is 0.444 e. The fourth-order valence-corrected chi connectivity index (χ4v) is 3.62. The first-order valence-corrected chi connectivity index (χ1v) is 9.87. The summed E-state index contributed by atoms with van der Waals surface area (Å²) in [6, 6.07) is 12.3. The first kappa shape index (κ1) is 19.2. The number of aromatic nitrogens is 3. The third-order valence-electron chi connectivity index (χ3n) is 4.89. The minimum atomic E-state index is -0.518. The van der Waals surface area contributed by atoms with Crippen LogP contribution in [0.4, 0.5) is 4.79 Å². The zero-order chi connectivity index (χ0) is 20.6. The summed E-state index contributed by atoms with van der Waals surface area (Å²) in [5.74, 6) is 0. The lowest BCUT2D eigenvalue weighted by molar-refractivity contribution is 0.0195. The van der Waals surface area contributed by atoms with E-state index < -0.39 is 5.60 Å². The lowest BCUT2D eigenvalue weighted by atomic mass is 9.98. The van der Waals surface area contributed by atoms with Crippen LogP contribution in [0.25, 0.3) is 22.4 Å². The van der Waals surface area contributed by atoms with E-state index in [2.05, 4.69) is 30.1 Å². The highest BCUT2D eigenvalue weighted by molar-refractivity contribution is 5.83. The number of fused-ring (bicyclic) bond motifs is 1. The predicted octanol–water partition coefficient (Wildman–Crippen LogP) is 4.67. The smallest absolute Gasteiger partial charge is 0.410 e. The van der Waals surface area contributed by atoms with E-state index in [-0.39, 0.29) is 6.09 Å². The molecule has 3 aromatic rings. The second-order valence-corrected chi connectivity index (χ2v) is 8.40. The van der Waals surface area contributed by atoms with Crippen molar-refractivity contribution >= 4 is 6.09 Å². The highest BCUT2D eigenvalue weighted by Crippen LogP contribution is 2.36. The quantitative estimate of drug-likeness (QED) is 0.638. The lowest BCUT2D eigenvalue weighted by Gasteiger charge is -2.30. The van der Waals surface area contributed by atoms with Crippen molar-refractivity contribution in [3.05, 3.63) is 60.0 Å². The molecule has 0 saturated carbocycles. The van der Waals surface area contributed by atoms with Gasteiger partial charge in [0.2, 0.25) is 0 Å². The Bertz CT molecular complexity index is 1030. The van der Waals surface area contributed by atoms with Gasteiger partial charge in [-0.3, -0.25) is 9.67 Å². The molecule has 1 aromatic carbocycles. The molecule has 0 spiro atoms. The topological polar surface area (TPSA) is 60.2 Å². The van der Waals surface area contributed by atoms with Gasteiger partial charge in [0.15, 0.2) is 0 Å². The van der Waals surface area contributed by atoms with Crippen LogP contribution in [0.15, 0.2) is 48.8 Å². The third-order valence-corrected chi connectivity index (χ3v) is 4.89. The van der Waals surface area contributed by atoms with E-state index in [1.807, 2.05) is 43.7 Å². The van der Waals surface area contributed by atoms with Gasteiger partial charge in [0.05, 0.1) is 18.8 Å². The number of hydrogen-bond acceptors (Lipinski definition) is 4. The molecule has 29 heavy (non-hydrogen) atoms. The Hall–Kier alpha value is -3.15. The van der Waals surface area contributed by atoms with Crippen LogP contribution in [0.5, 0.6) is 0 Å². The SMILES string of the molecule is Cc1cccc(-c2nn3c(c2-c2ccncc2)CN(C(=O)OC(C)(C)C)CC3)c1. The number of aryl methyl sites for hydroxylation is 1. The molecule has 1 aliphatic heterocycles. The van der Waals surface area contributed by atoms with Crippen molar-refractivity contribution in [2.75, 3.05) is 6.54 Å². The Balaban J connectivity index is 1.79. The molecule has 150 valence electrons. The fourth-order valence-electron chi connectivity index (χ4n) is 3.62. The Labute approximate surface area is 171 Å². The van der Waals surface area contributed by atoms with Crippen LogP contribution < -0.4 is 0 Å². The van der Waals surface area contributed by atoms with Crippen LogP contribution in [0.3, 0.4) is 0 Å². The van der Waals surface area contributed by atoms with Crippen molar-refractivity contribution in [3.8, 4) is 22.4 Å². The van der Waals surface area contributed by atoms with Gasteiger partial charge in [0.25, 0.3) is 0 Å². The molecule has 6 heteroatoms. The number of carbonyl (C=O) groups excluding carboxylic acids is 1. The molecular formula is C23H26N4O2. The molecule has 4 rings (SSSR count). The second-order valence-electron chi connectivity index (χ2n) is 8.40. The Morgan fingerprint density at radius 3 is 2.52 bits per heavy atom. The third kappa shape index (κ3) is 4.01. The minimum absolute atomic E-state index is 0.289. The molecule has 6 nitrogen and oxygen atoms in total. The Morgan fingerprint density at radius 2 is 1.83 bits per heavy atom. The van der Waals surface area contributed by atoms with E-state index >= 15 is 0 Å². The van der Waals surface area contributed by atoms with Gasteiger partial charge in [0.1, 0.15) is 11.3 Å². The predicted molar refractivity (Wildman–Crippen MR) is 112 cm³/mol. The van der Waals surface area contributed by atoms with Crippen molar-refractivity contribution in [1.82, 2.24) is 19.7 Å². The first-order chi connectivity index (χ1) is 13.8. The highest BCUT2D eigenvalue weighted by Gasteiger charge is 2.30. The molecule has 0 fully saturated rings. The van der Waals surface area contributed by atoms with Gasteiger partial charge in [-0.1, -0.05) is 23.8 Å². The van der Waals surface area contributed by atoms with Crippen molar-refractivity contribution in [2.24, 2.45) is 0 Å². The number of amides is 1. The van der Waals surface area contributed by atoms with Gasteiger partial charge in [0, 0.05) is 30.1 Å². The number of benzene rings is 1. The minimum Gasteiger partial charge on any atom is -0.444 e. The van der Waals surface area contributed by atoms with Crippen LogP contribution in [-0.4, -0.2) is 37.9 Å². The maximum atomic E-state index is 12.7. The Morgan fingerprint density at radius 1 is 1.07 bits per heavy atom. The average molecular weight is 390 g/mol. The highest BCUT2D eigenvalue weighted by atomic mass is 16.6. The van der Waals surface area contributed by atoms with E-state index in [0.29, 0.717) is 19.6 Å². The number of rotatable bonds is 2. The van der Waals surface area contributed by atoms with Crippen molar-refractivity contribution in [2.45, 2.75) is 46.4 Å². The van der Waals surface area contributed by atoms with Gasteiger partial charge in [-0.2, -0.15) is 5.10 Å². The van der Waals surface area contributed by atoms with Gasteiger partial charge < -0.3 is 9.64 Å². The molecule has 2 aromatic heterocycles. The molecule has 0 bridgehead atoms. The van der Waals surface area contributed by atoms with E-state index in [1.54, 1.807) is 17.3 Å². The summed E-state index contributed by atoms with van der Waals surface area (Å²) in [5.41, 5.74) is 5.78. The average Bonchev–Trinajstić information content (AvgIpc) is 3.06. The first-order valence-electron chi connectivity index (χ1n) is 9.87. The van der Waals surface area contributed by atoms with Gasteiger partial charge in [-0.15, -0.1) is 0 Å². The molecule has 0 aliphatic carbocycles. The summed E-state index contributed by atoms with van der Waals surface area (Å²) in [4.78, 5) is 18.6. The maximum Gasteiger partial charge on any atom is 0.410 e. The fraction of sp³-hybridized carbons (Fsp3) is 0.348. The maximum absolute atomic E-state index is 12.7. The molecule has 1 amide bonds. The summed E-state index contributed by atoms with van der Waals surface area (Å²) < 4.78 is 7.61. The molecule has 1 aliphatic rings. The molecular weight excluding hydrogens is 364 g/mol. The number of hydrogen-bond donors (Lipinski definition) is 0. The zero-order valence-electron chi connectivity index (χ0n) is 17.3. The van der Waals surface area contributed by atoms with Crippen LogP contribution in [0.1, 0.15) is 32.0 Å². The van der Waals surface area contributed by atoms with E-state index in [1.165, 1.54) is 5.56 Å². The Kier molecular flexibility index (Phi) is 4.86. The monoisotopic (exact) mass is 390 g/mol. The van der Waals surface area contributed by atoms with Gasteiger partial charge >= 0.3 is 6.09 Å². The van der Waals surface area contributed by atoms with E-state index in [9.17, 15) is 4.79 Å². The number of pyridine rings is 1. The molecule has 0 atom stereocenters. The van der Waals surface area contributed by atoms with Crippen molar-refractivity contribution in [3.63, 3.8) is 0 Å². The number of carbonyl (C=O) groups is 1. The summed E-state index contributed by atoms with van der Waals surface area (Å²) in [5, 5.41) is 4.92. The van der Waals surface area contributed by atoms with Gasteiger partial charge in [-0.05, 0) is 51.5 Å². The molecule has 0 unspecified atom stereocenters. The zero-order valence-corrected chi connectivity index (χ0v) is 17.3. The van der Waals surface area contributed by atoms with Crippen LogP contribution in [0.2, 0.25) is 0 Å². The summed E-state index contributed by atoms with van der Waals surface area (Å²) in [7, 11) is 0. The van der Waals surface area contributed by atoms with Crippen LogP contribution >= 0.6 is 0 Å². The van der Waals surface area contributed by atoms with E-state index in [0.717, 1.165) is 28.1 Å². The second kappa shape index (κ2) is 7.35. The van der Waals surface area contributed by atoms with Crippen molar-refractivity contribution in [1.29, 1.82) is 0 Å². The number of ether oxygens (including phenoxy) is 1. The van der Waals surface area contributed by atoms with Gasteiger partial charge in [-0.25, -0.2) is 4.79 Å². The lowest BCUT2D eigenvalue weighted by Crippen LogP contribution is -2.41. The van der Waals surface area contributed by atoms with Crippen LogP contribution in [0, 0.1) is 6.92 Å². The summed E-state index contributed by atoms with van der Waals surface area (Å²) in [6.45, 7) is 9.42. The normalized spacial score (nSPS) is 13.9.